The Morgan fingerprint density at radius 1 is 1.42 bits per heavy atom. The van der Waals surface area contributed by atoms with Gasteiger partial charge in [-0.3, -0.25) is 4.98 Å². The highest BCUT2D eigenvalue weighted by Crippen LogP contribution is 2.26. The smallest absolute Gasteiger partial charge is 0.139 e. The number of fused-ring (bicyclic) bond motifs is 1. The summed E-state index contributed by atoms with van der Waals surface area (Å²) < 4.78 is 15.9. The van der Waals surface area contributed by atoms with Crippen LogP contribution in [0.15, 0.2) is 28.3 Å². The molecule has 3 nitrogen and oxygen atoms in total. The Hall–Kier alpha value is -0.980. The zero-order chi connectivity index (χ0) is 13.4. The van der Waals surface area contributed by atoms with Gasteiger partial charge in [-0.05, 0) is 22.0 Å². The van der Waals surface area contributed by atoms with E-state index in [9.17, 15) is 4.39 Å². The molecule has 0 atom stereocenters. The second-order valence-corrected chi connectivity index (χ2v) is 6.06. The molecule has 0 unspecified atom stereocenters. The minimum Gasteiger partial charge on any atom is -0.322 e. The number of imidazole rings is 1. The van der Waals surface area contributed by atoms with Crippen molar-refractivity contribution < 1.29 is 4.39 Å². The van der Waals surface area contributed by atoms with E-state index >= 15 is 0 Å². The molecule has 98 valence electrons. The second-order valence-electron chi connectivity index (χ2n) is 3.97. The number of hydrogen-bond donors (Lipinski definition) is 0. The summed E-state index contributed by atoms with van der Waals surface area (Å²) in [6, 6.07) is 3.15. The summed E-state index contributed by atoms with van der Waals surface area (Å²) in [4.78, 5) is 9.52. The number of nitrogens with zero attached hydrogens (tertiary/aromatic N) is 3. The number of aromatic nitrogens is 3. The molecule has 3 aromatic rings. The lowest BCUT2D eigenvalue weighted by molar-refractivity contribution is 0.622. The van der Waals surface area contributed by atoms with E-state index in [4.69, 9.17) is 11.6 Å². The first-order valence-corrected chi connectivity index (χ1v) is 7.67. The Morgan fingerprint density at radius 2 is 2.26 bits per heavy atom. The van der Waals surface area contributed by atoms with E-state index in [0.29, 0.717) is 16.5 Å². The highest BCUT2D eigenvalue weighted by Gasteiger charge is 2.13. The Balaban J connectivity index is 2.17. The van der Waals surface area contributed by atoms with Crippen LogP contribution < -0.4 is 0 Å². The van der Waals surface area contributed by atoms with Crippen molar-refractivity contribution in [2.24, 2.45) is 0 Å². The normalized spacial score (nSPS) is 11.3. The molecular weight excluding hydrogens is 353 g/mol. The first-order chi connectivity index (χ1) is 9.19. The topological polar surface area (TPSA) is 30.7 Å². The van der Waals surface area contributed by atoms with Crippen molar-refractivity contribution in [3.63, 3.8) is 0 Å². The van der Waals surface area contributed by atoms with Crippen LogP contribution in [-0.2, 0) is 12.4 Å². The second kappa shape index (κ2) is 5.19. The third kappa shape index (κ3) is 2.40. The van der Waals surface area contributed by atoms with E-state index in [0.717, 1.165) is 16.2 Å². The lowest BCUT2D eigenvalue weighted by Crippen LogP contribution is -2.02. The van der Waals surface area contributed by atoms with Gasteiger partial charge in [-0.2, -0.15) is 0 Å². The standard InChI is InChI=1S/C12H8BrClFN3S/c13-8-1-11-10(2-9(8)15)17-12(3-14)18(11)5-7-4-16-6-19-7/h1-2,4,6H,3,5H2. The fourth-order valence-corrected chi connectivity index (χ4v) is 3.04. The zero-order valence-corrected chi connectivity index (χ0v) is 12.8. The Kier molecular flexibility index (Phi) is 3.56. The molecular formula is C12H8BrClFN3S. The minimum atomic E-state index is -0.323. The highest BCUT2D eigenvalue weighted by molar-refractivity contribution is 9.10. The quantitative estimate of drug-likeness (QED) is 0.656. The van der Waals surface area contributed by atoms with E-state index in [1.807, 2.05) is 10.8 Å². The van der Waals surface area contributed by atoms with Crippen molar-refractivity contribution in [3.05, 3.63) is 44.8 Å². The van der Waals surface area contributed by atoms with Crippen LogP contribution in [0.25, 0.3) is 11.0 Å². The molecule has 2 heterocycles. The Morgan fingerprint density at radius 3 is 2.95 bits per heavy atom. The largest absolute Gasteiger partial charge is 0.322 e. The van der Waals surface area contributed by atoms with Crippen molar-refractivity contribution in [1.29, 1.82) is 0 Å². The summed E-state index contributed by atoms with van der Waals surface area (Å²) in [7, 11) is 0. The molecule has 0 amide bonds. The van der Waals surface area contributed by atoms with Crippen molar-refractivity contribution in [2.75, 3.05) is 0 Å². The molecule has 0 N–H and O–H groups in total. The summed E-state index contributed by atoms with van der Waals surface area (Å²) in [5, 5.41) is 0. The van der Waals surface area contributed by atoms with E-state index in [2.05, 4.69) is 25.9 Å². The van der Waals surface area contributed by atoms with Crippen LogP contribution in [0.4, 0.5) is 4.39 Å². The third-order valence-electron chi connectivity index (χ3n) is 2.79. The molecule has 19 heavy (non-hydrogen) atoms. The highest BCUT2D eigenvalue weighted by atomic mass is 79.9. The summed E-state index contributed by atoms with van der Waals surface area (Å²) in [5.41, 5.74) is 3.25. The summed E-state index contributed by atoms with van der Waals surface area (Å²) in [6.07, 6.45) is 1.81. The van der Waals surface area contributed by atoms with Crippen molar-refractivity contribution in [3.8, 4) is 0 Å². The molecule has 0 saturated heterocycles. The fourth-order valence-electron chi connectivity index (χ4n) is 1.92. The number of halogens is 3. The van der Waals surface area contributed by atoms with Gasteiger partial charge in [0, 0.05) is 17.1 Å². The first-order valence-electron chi connectivity index (χ1n) is 5.46. The van der Waals surface area contributed by atoms with Gasteiger partial charge in [-0.1, -0.05) is 0 Å². The molecule has 0 aliphatic rings. The minimum absolute atomic E-state index is 0.284. The predicted molar refractivity (Wildman–Crippen MR) is 78.2 cm³/mol. The van der Waals surface area contributed by atoms with Crippen LogP contribution in [0.3, 0.4) is 0 Å². The average molecular weight is 361 g/mol. The van der Waals surface area contributed by atoms with Gasteiger partial charge in [-0.25, -0.2) is 9.37 Å². The van der Waals surface area contributed by atoms with Gasteiger partial charge >= 0.3 is 0 Å². The molecule has 1 aromatic carbocycles. The van der Waals surface area contributed by atoms with Gasteiger partial charge in [0.15, 0.2) is 0 Å². The van der Waals surface area contributed by atoms with E-state index in [1.165, 1.54) is 6.07 Å². The van der Waals surface area contributed by atoms with Crippen LogP contribution in [0, 0.1) is 5.82 Å². The maximum absolute atomic E-state index is 13.5. The summed E-state index contributed by atoms with van der Waals surface area (Å²) in [6.45, 7) is 0.640. The molecule has 3 rings (SSSR count). The molecule has 0 saturated carbocycles. The van der Waals surface area contributed by atoms with Crippen LogP contribution in [0.1, 0.15) is 10.7 Å². The van der Waals surface area contributed by atoms with Crippen LogP contribution in [0.2, 0.25) is 0 Å². The number of hydrogen-bond acceptors (Lipinski definition) is 3. The predicted octanol–water partition coefficient (Wildman–Crippen LogP) is 4.18. The van der Waals surface area contributed by atoms with Crippen molar-refractivity contribution in [1.82, 2.24) is 14.5 Å². The molecule has 0 radical (unpaired) electrons. The summed E-state index contributed by atoms with van der Waals surface area (Å²) in [5.74, 6) is 0.686. The van der Waals surface area contributed by atoms with Gasteiger partial charge in [0.1, 0.15) is 11.6 Å². The molecule has 0 spiro atoms. The van der Waals surface area contributed by atoms with Gasteiger partial charge in [0.2, 0.25) is 0 Å². The van der Waals surface area contributed by atoms with Crippen molar-refractivity contribution in [2.45, 2.75) is 12.4 Å². The van der Waals surface area contributed by atoms with Crippen LogP contribution in [-0.4, -0.2) is 14.5 Å². The van der Waals surface area contributed by atoms with Gasteiger partial charge < -0.3 is 4.57 Å². The van der Waals surface area contributed by atoms with Crippen LogP contribution in [0.5, 0.6) is 0 Å². The van der Waals surface area contributed by atoms with E-state index < -0.39 is 0 Å². The van der Waals surface area contributed by atoms with E-state index in [-0.39, 0.29) is 11.7 Å². The average Bonchev–Trinajstić information content (AvgIpc) is 3.00. The maximum Gasteiger partial charge on any atom is 0.139 e. The maximum atomic E-state index is 13.5. The third-order valence-corrected chi connectivity index (χ3v) is 4.40. The fraction of sp³-hybridized carbons (Fsp3) is 0.167. The van der Waals surface area contributed by atoms with Crippen LogP contribution >= 0.6 is 38.9 Å². The number of alkyl halides is 1. The Labute approximate surface area is 126 Å². The molecule has 2 aromatic heterocycles. The SMILES string of the molecule is Fc1cc2nc(CCl)n(Cc3cncs3)c2cc1Br. The van der Waals surface area contributed by atoms with E-state index in [1.54, 1.807) is 22.9 Å². The molecule has 0 aliphatic heterocycles. The van der Waals surface area contributed by atoms with Gasteiger partial charge in [0.25, 0.3) is 0 Å². The molecule has 0 fully saturated rings. The monoisotopic (exact) mass is 359 g/mol. The first kappa shape index (κ1) is 13.0. The molecule has 0 aliphatic carbocycles. The summed E-state index contributed by atoms with van der Waals surface area (Å²) >= 11 is 10.7. The lowest BCUT2D eigenvalue weighted by Gasteiger charge is -2.06. The zero-order valence-electron chi connectivity index (χ0n) is 9.61. The van der Waals surface area contributed by atoms with Gasteiger partial charge in [0.05, 0.1) is 33.4 Å². The number of benzene rings is 1. The molecule has 0 bridgehead atoms. The molecule has 7 heteroatoms. The Bertz CT molecular complexity index is 726. The number of thiazole rings is 1. The number of rotatable bonds is 3. The van der Waals surface area contributed by atoms with Gasteiger partial charge in [-0.15, -0.1) is 22.9 Å². The lowest BCUT2D eigenvalue weighted by atomic mass is 10.3. The van der Waals surface area contributed by atoms with Crippen molar-refractivity contribution >= 4 is 49.9 Å².